The van der Waals surface area contributed by atoms with Crippen molar-refractivity contribution in [3.05, 3.63) is 64.7 Å². The van der Waals surface area contributed by atoms with Gasteiger partial charge < -0.3 is 24.4 Å². The number of hydrogen-bond donors (Lipinski definition) is 1. The predicted octanol–water partition coefficient (Wildman–Crippen LogP) is 4.56. The molecule has 1 aliphatic rings. The predicted molar refractivity (Wildman–Crippen MR) is 137 cm³/mol. The first-order valence-corrected chi connectivity index (χ1v) is 12.2. The summed E-state index contributed by atoms with van der Waals surface area (Å²) >= 11 is 0. The number of ether oxygens (including phenoxy) is 2. The second-order valence-electron chi connectivity index (χ2n) is 8.62. The van der Waals surface area contributed by atoms with Crippen LogP contribution in [0.5, 0.6) is 11.5 Å². The molecule has 1 aliphatic heterocycles. The van der Waals surface area contributed by atoms with Crippen LogP contribution in [0.25, 0.3) is 5.76 Å². The molecule has 1 saturated heterocycles. The molecule has 1 heterocycles. The van der Waals surface area contributed by atoms with Crippen LogP contribution in [-0.2, 0) is 9.59 Å². The molecular weight excluding hydrogens is 444 g/mol. The zero-order valence-electron chi connectivity index (χ0n) is 21.3. The lowest BCUT2D eigenvalue weighted by molar-refractivity contribution is -0.140. The van der Waals surface area contributed by atoms with E-state index in [1.165, 1.54) is 0 Å². The first kappa shape index (κ1) is 26.3. The van der Waals surface area contributed by atoms with Crippen LogP contribution in [0, 0.1) is 6.92 Å². The van der Waals surface area contributed by atoms with Gasteiger partial charge in [0.15, 0.2) is 0 Å². The van der Waals surface area contributed by atoms with E-state index in [1.54, 1.807) is 36.3 Å². The smallest absolute Gasteiger partial charge is 0.295 e. The number of aliphatic hydroxyl groups is 1. The van der Waals surface area contributed by atoms with Crippen LogP contribution in [0.2, 0.25) is 0 Å². The molecule has 7 heteroatoms. The first-order chi connectivity index (χ1) is 16.9. The zero-order valence-corrected chi connectivity index (χ0v) is 21.3. The average molecular weight is 481 g/mol. The molecule has 2 aromatic rings. The van der Waals surface area contributed by atoms with Crippen molar-refractivity contribution in [3.63, 3.8) is 0 Å². The molecular formula is C28H36N2O5. The van der Waals surface area contributed by atoms with Crippen LogP contribution in [0.4, 0.5) is 0 Å². The lowest BCUT2D eigenvalue weighted by atomic mass is 9.94. The van der Waals surface area contributed by atoms with Crippen LogP contribution in [0.15, 0.2) is 48.0 Å². The van der Waals surface area contributed by atoms with Crippen LogP contribution in [0.3, 0.4) is 0 Å². The number of ketones is 1. The standard InChI is InChI=1S/C28H36N2O5/c1-6-17-35-22-13-14-23(19(4)18-22)26(31)24-25(20-9-11-21(34-5)12-10-20)30(28(33)27(24)32)16-15-29(7-2)8-3/h9-14,18,25,31H,6-8,15-17H2,1-5H3. The maximum Gasteiger partial charge on any atom is 0.295 e. The van der Waals surface area contributed by atoms with Gasteiger partial charge >= 0.3 is 0 Å². The maximum absolute atomic E-state index is 13.3. The monoisotopic (exact) mass is 480 g/mol. The highest BCUT2D eigenvalue weighted by Crippen LogP contribution is 2.40. The molecule has 1 atom stereocenters. The van der Waals surface area contributed by atoms with Crippen molar-refractivity contribution in [3.8, 4) is 11.5 Å². The number of likely N-dealkylation sites (tertiary alicyclic amines) is 1. The highest BCUT2D eigenvalue weighted by atomic mass is 16.5. The molecule has 1 fully saturated rings. The summed E-state index contributed by atoms with van der Waals surface area (Å²) in [5, 5.41) is 11.4. The maximum atomic E-state index is 13.3. The third-order valence-electron chi connectivity index (χ3n) is 6.45. The van der Waals surface area contributed by atoms with E-state index in [9.17, 15) is 14.7 Å². The van der Waals surface area contributed by atoms with Gasteiger partial charge in [-0.15, -0.1) is 0 Å². The molecule has 7 nitrogen and oxygen atoms in total. The number of benzene rings is 2. The second kappa shape index (κ2) is 11.9. The van der Waals surface area contributed by atoms with Crippen molar-refractivity contribution >= 4 is 17.4 Å². The van der Waals surface area contributed by atoms with Gasteiger partial charge in [-0.2, -0.15) is 0 Å². The number of amides is 1. The van der Waals surface area contributed by atoms with Crippen molar-refractivity contribution in [2.75, 3.05) is 39.9 Å². The van der Waals surface area contributed by atoms with Crippen molar-refractivity contribution in [1.29, 1.82) is 0 Å². The molecule has 1 amide bonds. The van der Waals surface area contributed by atoms with E-state index < -0.39 is 17.7 Å². The molecule has 35 heavy (non-hydrogen) atoms. The van der Waals surface area contributed by atoms with Gasteiger partial charge in [0.2, 0.25) is 0 Å². The third-order valence-corrected chi connectivity index (χ3v) is 6.45. The lowest BCUT2D eigenvalue weighted by Crippen LogP contribution is -2.38. The Hall–Kier alpha value is -3.32. The summed E-state index contributed by atoms with van der Waals surface area (Å²) in [6, 6.07) is 11.9. The number of rotatable bonds is 11. The summed E-state index contributed by atoms with van der Waals surface area (Å²) in [5.74, 6) is -0.0673. The fourth-order valence-corrected chi connectivity index (χ4v) is 4.39. The van der Waals surface area contributed by atoms with E-state index in [1.807, 2.05) is 32.0 Å². The van der Waals surface area contributed by atoms with Crippen molar-refractivity contribution in [1.82, 2.24) is 9.80 Å². The largest absolute Gasteiger partial charge is 0.507 e. The van der Waals surface area contributed by atoms with Crippen LogP contribution < -0.4 is 9.47 Å². The van der Waals surface area contributed by atoms with Gasteiger partial charge in [0.25, 0.3) is 11.7 Å². The minimum atomic E-state index is -0.688. The van der Waals surface area contributed by atoms with E-state index in [2.05, 4.69) is 18.7 Å². The van der Waals surface area contributed by atoms with Crippen molar-refractivity contribution in [2.45, 2.75) is 40.2 Å². The molecule has 2 aromatic carbocycles. The summed E-state index contributed by atoms with van der Waals surface area (Å²) in [6.07, 6.45) is 0.888. The van der Waals surface area contributed by atoms with Gasteiger partial charge in [-0.25, -0.2) is 0 Å². The van der Waals surface area contributed by atoms with E-state index in [0.29, 0.717) is 36.8 Å². The highest BCUT2D eigenvalue weighted by molar-refractivity contribution is 6.46. The minimum Gasteiger partial charge on any atom is -0.507 e. The quantitative estimate of drug-likeness (QED) is 0.289. The molecule has 1 N–H and O–H groups in total. The van der Waals surface area contributed by atoms with Gasteiger partial charge in [-0.05, 0) is 67.9 Å². The number of nitrogens with zero attached hydrogens (tertiary/aromatic N) is 2. The Morgan fingerprint density at radius 3 is 2.26 bits per heavy atom. The summed E-state index contributed by atoms with van der Waals surface area (Å²) in [6.45, 7) is 11.3. The van der Waals surface area contributed by atoms with Crippen LogP contribution >= 0.6 is 0 Å². The third kappa shape index (κ3) is 5.68. The Balaban J connectivity index is 2.08. The topological polar surface area (TPSA) is 79.3 Å². The molecule has 3 rings (SSSR count). The van der Waals surface area contributed by atoms with Crippen molar-refractivity contribution in [2.24, 2.45) is 0 Å². The first-order valence-electron chi connectivity index (χ1n) is 12.2. The van der Waals surface area contributed by atoms with Crippen LogP contribution in [0.1, 0.15) is 49.9 Å². The fraction of sp³-hybridized carbons (Fsp3) is 0.429. The van der Waals surface area contributed by atoms with Gasteiger partial charge in [-0.1, -0.05) is 32.9 Å². The Labute approximate surface area is 207 Å². The van der Waals surface area contributed by atoms with Crippen LogP contribution in [-0.4, -0.2) is 66.5 Å². The number of likely N-dealkylation sites (N-methyl/N-ethyl adjacent to an activating group) is 1. The summed E-state index contributed by atoms with van der Waals surface area (Å²) in [7, 11) is 1.59. The van der Waals surface area contributed by atoms with E-state index >= 15 is 0 Å². The molecule has 0 bridgehead atoms. The normalized spacial score (nSPS) is 17.3. The molecule has 1 unspecified atom stereocenters. The summed E-state index contributed by atoms with van der Waals surface area (Å²) in [4.78, 5) is 30.2. The second-order valence-corrected chi connectivity index (χ2v) is 8.62. The number of methoxy groups -OCH3 is 1. The molecule has 0 aliphatic carbocycles. The molecule has 188 valence electrons. The number of aliphatic hydroxyl groups excluding tert-OH is 1. The minimum absolute atomic E-state index is 0.102. The Bertz CT molecular complexity index is 1070. The number of Topliss-reactive ketones (excluding diaryl/α,β-unsaturated/α-hetero) is 1. The average Bonchev–Trinajstić information content (AvgIpc) is 3.12. The van der Waals surface area contributed by atoms with Gasteiger partial charge in [0.1, 0.15) is 17.3 Å². The van der Waals surface area contributed by atoms with Gasteiger partial charge in [0, 0.05) is 18.7 Å². The summed E-state index contributed by atoms with van der Waals surface area (Å²) < 4.78 is 11.0. The molecule has 0 spiro atoms. The molecule has 0 saturated carbocycles. The van der Waals surface area contributed by atoms with Gasteiger partial charge in [0.05, 0.1) is 25.3 Å². The number of carbonyl (C=O) groups is 2. The highest BCUT2D eigenvalue weighted by Gasteiger charge is 2.46. The fourth-order valence-electron chi connectivity index (χ4n) is 4.39. The van der Waals surface area contributed by atoms with Crippen molar-refractivity contribution < 1.29 is 24.2 Å². The molecule has 0 aromatic heterocycles. The van der Waals surface area contributed by atoms with E-state index in [0.717, 1.165) is 30.6 Å². The van der Waals surface area contributed by atoms with E-state index in [4.69, 9.17) is 9.47 Å². The number of carbonyl (C=O) groups excluding carboxylic acids is 2. The lowest BCUT2D eigenvalue weighted by Gasteiger charge is -2.28. The van der Waals surface area contributed by atoms with E-state index in [-0.39, 0.29) is 11.3 Å². The number of aryl methyl sites for hydroxylation is 1. The molecule has 0 radical (unpaired) electrons. The number of hydrogen-bond acceptors (Lipinski definition) is 6. The zero-order chi connectivity index (χ0) is 25.5. The Morgan fingerprint density at radius 1 is 1.03 bits per heavy atom. The Kier molecular flexibility index (Phi) is 8.93. The summed E-state index contributed by atoms with van der Waals surface area (Å²) in [5.41, 5.74) is 2.12. The van der Waals surface area contributed by atoms with Gasteiger partial charge in [-0.3, -0.25) is 9.59 Å². The Morgan fingerprint density at radius 2 is 1.69 bits per heavy atom. The SMILES string of the molecule is CCCOc1ccc(C(O)=C2C(=O)C(=O)N(CCN(CC)CC)C2c2ccc(OC)cc2)c(C)c1.